The molecule has 0 aliphatic carbocycles. The van der Waals surface area contributed by atoms with Gasteiger partial charge in [0.1, 0.15) is 18.3 Å². The number of urea groups is 1. The van der Waals surface area contributed by atoms with Gasteiger partial charge in [-0.2, -0.15) is 10.2 Å². The molecule has 5 rings (SSSR count). The number of carbonyl (C=O) groups excluding carboxylic acids is 1. The van der Waals surface area contributed by atoms with Crippen LogP contribution in [0.4, 0.5) is 4.79 Å². The van der Waals surface area contributed by atoms with Crippen molar-refractivity contribution in [1.29, 1.82) is 0 Å². The summed E-state index contributed by atoms with van der Waals surface area (Å²) >= 11 is 0. The van der Waals surface area contributed by atoms with Gasteiger partial charge in [-0.25, -0.2) is 9.59 Å². The molecule has 0 saturated carbocycles. The maximum absolute atomic E-state index is 12.9. The van der Waals surface area contributed by atoms with Crippen molar-refractivity contribution in [1.82, 2.24) is 19.7 Å². The number of hydrogen-bond donors (Lipinski definition) is 1. The third-order valence-corrected chi connectivity index (χ3v) is 5.47. The Bertz CT molecular complexity index is 1080. The highest BCUT2D eigenvalue weighted by atomic mass is 16.7. The van der Waals surface area contributed by atoms with Crippen LogP contribution in [0.5, 0.6) is 0 Å². The molecule has 30 heavy (non-hydrogen) atoms. The third-order valence-electron chi connectivity index (χ3n) is 5.47. The summed E-state index contributed by atoms with van der Waals surface area (Å²) in [6.45, 7) is 1.00. The smallest absolute Gasteiger partial charge is 0.345 e. The van der Waals surface area contributed by atoms with Gasteiger partial charge in [0.05, 0.1) is 13.1 Å². The second-order valence-corrected chi connectivity index (χ2v) is 7.43. The molecule has 8 nitrogen and oxygen atoms in total. The zero-order valence-corrected chi connectivity index (χ0v) is 16.1. The largest absolute Gasteiger partial charge is 0.479 e. The summed E-state index contributed by atoms with van der Waals surface area (Å²) in [5.74, 6) is -1.10. The standard InChI is InChI=1S/C22H20N4O4/c27-21(28)20-19-17(12-24(23-19)11-15-7-3-1-4-8-15)18-13-25(20)22(29)26(18)30-14-16-9-5-2-6-10-16/h1-10,12,18,20H,11,13-14H2,(H,27,28). The number of carboxylic acids is 1. The van der Waals surface area contributed by atoms with Gasteiger partial charge in [0, 0.05) is 11.8 Å². The quantitative estimate of drug-likeness (QED) is 0.682. The Morgan fingerprint density at radius 1 is 1.07 bits per heavy atom. The number of hydroxylamine groups is 2. The zero-order valence-electron chi connectivity index (χ0n) is 16.1. The molecule has 152 valence electrons. The normalized spacial score (nSPS) is 19.8. The van der Waals surface area contributed by atoms with Crippen molar-refractivity contribution in [2.75, 3.05) is 6.54 Å². The summed E-state index contributed by atoms with van der Waals surface area (Å²) in [6, 6.07) is 17.4. The predicted molar refractivity (Wildman–Crippen MR) is 106 cm³/mol. The molecule has 0 radical (unpaired) electrons. The van der Waals surface area contributed by atoms with Crippen molar-refractivity contribution in [3.05, 3.63) is 89.2 Å². The lowest BCUT2D eigenvalue weighted by Crippen LogP contribution is -2.38. The fourth-order valence-corrected chi connectivity index (χ4v) is 4.07. The molecule has 2 unspecified atom stereocenters. The maximum Gasteiger partial charge on any atom is 0.345 e. The van der Waals surface area contributed by atoms with Crippen molar-refractivity contribution in [3.8, 4) is 0 Å². The Labute approximate surface area is 172 Å². The second kappa shape index (κ2) is 7.31. The molecule has 2 atom stereocenters. The van der Waals surface area contributed by atoms with E-state index >= 15 is 0 Å². The van der Waals surface area contributed by atoms with Crippen molar-refractivity contribution < 1.29 is 19.5 Å². The van der Waals surface area contributed by atoms with E-state index in [-0.39, 0.29) is 13.2 Å². The van der Waals surface area contributed by atoms with E-state index in [2.05, 4.69) is 5.10 Å². The molecule has 8 heteroatoms. The minimum absolute atomic E-state index is 0.224. The van der Waals surface area contributed by atoms with Crippen LogP contribution in [0.2, 0.25) is 0 Å². The van der Waals surface area contributed by atoms with E-state index < -0.39 is 24.1 Å². The monoisotopic (exact) mass is 404 g/mol. The molecule has 1 fully saturated rings. The molecule has 2 bridgehead atoms. The first-order chi connectivity index (χ1) is 14.6. The number of fused-ring (bicyclic) bond motifs is 4. The van der Waals surface area contributed by atoms with E-state index in [1.165, 1.54) is 9.96 Å². The van der Waals surface area contributed by atoms with E-state index in [4.69, 9.17) is 4.84 Å². The van der Waals surface area contributed by atoms with Gasteiger partial charge in [-0.3, -0.25) is 9.52 Å². The highest BCUT2D eigenvalue weighted by molar-refractivity contribution is 5.86. The minimum atomic E-state index is -1.12. The summed E-state index contributed by atoms with van der Waals surface area (Å²) in [5, 5.41) is 15.6. The molecule has 0 spiro atoms. The van der Waals surface area contributed by atoms with E-state index in [0.29, 0.717) is 17.8 Å². The van der Waals surface area contributed by atoms with Crippen LogP contribution < -0.4 is 0 Å². The van der Waals surface area contributed by atoms with E-state index in [1.807, 2.05) is 66.9 Å². The van der Waals surface area contributed by atoms with E-state index in [1.54, 1.807) is 4.68 Å². The van der Waals surface area contributed by atoms with Crippen LogP contribution in [0.15, 0.2) is 66.9 Å². The number of aromatic nitrogens is 2. The summed E-state index contributed by atoms with van der Waals surface area (Å²) < 4.78 is 1.73. The van der Waals surface area contributed by atoms with E-state index in [0.717, 1.165) is 11.1 Å². The average Bonchev–Trinajstić information content (AvgIpc) is 3.28. The SMILES string of the molecule is O=C(O)C1c2nn(Cc3ccccc3)cc2C2CN1C(=O)N2OCc1ccccc1. The lowest BCUT2D eigenvalue weighted by molar-refractivity contribution is -0.143. The minimum Gasteiger partial charge on any atom is -0.479 e. The molecule has 2 aliphatic rings. The predicted octanol–water partition coefficient (Wildman–Crippen LogP) is 2.98. The Kier molecular flexibility index (Phi) is 4.48. The summed E-state index contributed by atoms with van der Waals surface area (Å²) in [5.41, 5.74) is 3.10. The Morgan fingerprint density at radius 2 is 1.73 bits per heavy atom. The van der Waals surface area contributed by atoms with Crippen LogP contribution in [0.3, 0.4) is 0 Å². The molecular formula is C22H20N4O4. The lowest BCUT2D eigenvalue weighted by Gasteiger charge is -2.26. The van der Waals surface area contributed by atoms with Crippen molar-refractivity contribution >= 4 is 12.0 Å². The molecule has 2 aliphatic heterocycles. The second-order valence-electron chi connectivity index (χ2n) is 7.43. The molecular weight excluding hydrogens is 384 g/mol. The maximum atomic E-state index is 12.9. The average molecular weight is 404 g/mol. The number of carboxylic acid groups (broad SMARTS) is 1. The third kappa shape index (κ3) is 3.11. The Hall–Kier alpha value is -3.65. The van der Waals surface area contributed by atoms with Gasteiger partial charge < -0.3 is 10.0 Å². The first-order valence-electron chi connectivity index (χ1n) is 9.72. The van der Waals surface area contributed by atoms with Crippen molar-refractivity contribution in [3.63, 3.8) is 0 Å². The van der Waals surface area contributed by atoms with Gasteiger partial charge in [-0.15, -0.1) is 0 Å². The number of amides is 2. The van der Waals surface area contributed by atoms with Gasteiger partial charge in [0.15, 0.2) is 6.04 Å². The number of hydrogen-bond acceptors (Lipinski definition) is 4. The highest BCUT2D eigenvalue weighted by Gasteiger charge is 2.52. The Balaban J connectivity index is 1.45. The number of nitrogens with zero attached hydrogens (tertiary/aromatic N) is 4. The van der Waals surface area contributed by atoms with Gasteiger partial charge in [-0.1, -0.05) is 60.7 Å². The van der Waals surface area contributed by atoms with Crippen LogP contribution in [0.1, 0.15) is 34.5 Å². The molecule has 1 N–H and O–H groups in total. The summed E-state index contributed by atoms with van der Waals surface area (Å²) in [6.07, 6.45) is 1.83. The summed E-state index contributed by atoms with van der Waals surface area (Å²) in [4.78, 5) is 32.1. The molecule has 2 aromatic carbocycles. The highest BCUT2D eigenvalue weighted by Crippen LogP contribution is 2.43. The lowest BCUT2D eigenvalue weighted by atomic mass is 9.98. The van der Waals surface area contributed by atoms with Crippen LogP contribution in [-0.4, -0.2) is 43.4 Å². The molecule has 3 aromatic rings. The van der Waals surface area contributed by atoms with Gasteiger partial charge in [0.25, 0.3) is 0 Å². The van der Waals surface area contributed by atoms with Gasteiger partial charge >= 0.3 is 12.0 Å². The van der Waals surface area contributed by atoms with Gasteiger partial charge in [0.2, 0.25) is 0 Å². The van der Waals surface area contributed by atoms with Gasteiger partial charge in [-0.05, 0) is 11.1 Å². The Morgan fingerprint density at radius 3 is 2.40 bits per heavy atom. The summed E-state index contributed by atoms with van der Waals surface area (Å²) in [7, 11) is 0. The van der Waals surface area contributed by atoms with Crippen LogP contribution >= 0.6 is 0 Å². The van der Waals surface area contributed by atoms with Crippen molar-refractivity contribution in [2.24, 2.45) is 0 Å². The number of carbonyl (C=O) groups is 2. The fourth-order valence-electron chi connectivity index (χ4n) is 4.07. The number of benzene rings is 2. The number of aliphatic carboxylic acids is 1. The number of rotatable bonds is 6. The first-order valence-corrected chi connectivity index (χ1v) is 9.72. The molecule has 1 aromatic heterocycles. The van der Waals surface area contributed by atoms with Crippen LogP contribution in [0, 0.1) is 0 Å². The first kappa shape index (κ1) is 18.4. The molecule has 3 heterocycles. The fraction of sp³-hybridized carbons (Fsp3) is 0.227. The molecule has 2 amide bonds. The van der Waals surface area contributed by atoms with Crippen LogP contribution in [-0.2, 0) is 22.8 Å². The van der Waals surface area contributed by atoms with Crippen molar-refractivity contribution in [2.45, 2.75) is 25.2 Å². The zero-order chi connectivity index (χ0) is 20.7. The molecule has 1 saturated heterocycles. The van der Waals surface area contributed by atoms with E-state index in [9.17, 15) is 14.7 Å². The van der Waals surface area contributed by atoms with Crippen LogP contribution in [0.25, 0.3) is 0 Å². The topological polar surface area (TPSA) is 87.9 Å².